The maximum absolute atomic E-state index is 5.34. The van der Waals surface area contributed by atoms with Crippen molar-refractivity contribution in [3.8, 4) is 24.7 Å². The maximum Gasteiger partial charge on any atom is 0.246 e. The van der Waals surface area contributed by atoms with Crippen molar-refractivity contribution >= 4 is 10.5 Å². The molecule has 61 valence electrons. The molecule has 0 aliphatic heterocycles. The van der Waals surface area contributed by atoms with Crippen LogP contribution in [0.3, 0.4) is 0 Å². The van der Waals surface area contributed by atoms with E-state index < -0.39 is 0 Å². The molecule has 3 radical (unpaired) electrons. The van der Waals surface area contributed by atoms with E-state index in [2.05, 4.69) is 22.3 Å². The normalized spacial score (nSPS) is 8.85. The molecule has 2 heteroatoms. The molecule has 1 rings (SSSR count). The summed E-state index contributed by atoms with van der Waals surface area (Å²) in [6.07, 6.45) is 10.6. The highest BCUT2D eigenvalue weighted by Gasteiger charge is 2.02. The van der Waals surface area contributed by atoms with E-state index in [1.165, 1.54) is 0 Å². The van der Waals surface area contributed by atoms with Crippen LogP contribution in [0, 0.1) is 24.7 Å². The zero-order valence-electron chi connectivity index (χ0n) is 7.00. The quantitative estimate of drug-likeness (QED) is 0.495. The lowest BCUT2D eigenvalue weighted by atomic mass is 10.0. The van der Waals surface area contributed by atoms with Gasteiger partial charge < -0.3 is 4.43 Å². The van der Waals surface area contributed by atoms with E-state index in [0.29, 0.717) is 6.61 Å². The van der Waals surface area contributed by atoms with Gasteiger partial charge in [0.1, 0.15) is 0 Å². The van der Waals surface area contributed by atoms with Gasteiger partial charge in [0.15, 0.2) is 0 Å². The largest absolute Gasteiger partial charge is 0.414 e. The molecule has 1 aromatic carbocycles. The average molecular weight is 183 g/mol. The monoisotopic (exact) mass is 183 g/mol. The number of hydrogen-bond acceptors (Lipinski definition) is 1. The van der Waals surface area contributed by atoms with Gasteiger partial charge in [-0.25, -0.2) is 0 Å². The van der Waals surface area contributed by atoms with E-state index in [9.17, 15) is 0 Å². The van der Waals surface area contributed by atoms with Crippen LogP contribution in [0.15, 0.2) is 18.2 Å². The van der Waals surface area contributed by atoms with Gasteiger partial charge in [0.2, 0.25) is 10.5 Å². The zero-order valence-corrected chi connectivity index (χ0v) is 8.00. The Labute approximate surface area is 81.7 Å². The third-order valence-electron chi connectivity index (χ3n) is 1.68. The van der Waals surface area contributed by atoms with Crippen molar-refractivity contribution < 1.29 is 4.43 Å². The third kappa shape index (κ3) is 2.00. The number of rotatable bonds is 2. The summed E-state index contributed by atoms with van der Waals surface area (Å²) < 4.78 is 4.81. The summed E-state index contributed by atoms with van der Waals surface area (Å²) in [6, 6.07) is 5.55. The van der Waals surface area contributed by atoms with Crippen LogP contribution >= 0.6 is 0 Å². The first-order valence-corrected chi connectivity index (χ1v) is 4.08. The lowest BCUT2D eigenvalue weighted by Crippen LogP contribution is -1.95. The minimum absolute atomic E-state index is 0.409. The van der Waals surface area contributed by atoms with E-state index >= 15 is 0 Å². The molecular weight excluding hydrogens is 176 g/mol. The molecule has 0 bridgehead atoms. The first-order valence-electron chi connectivity index (χ1n) is 3.67. The lowest BCUT2D eigenvalue weighted by Gasteiger charge is -2.04. The summed E-state index contributed by atoms with van der Waals surface area (Å²) in [7, 11) is 2.92. The number of benzene rings is 1. The van der Waals surface area contributed by atoms with Crippen molar-refractivity contribution in [3.05, 3.63) is 34.9 Å². The molecule has 0 unspecified atom stereocenters. The molecule has 0 saturated carbocycles. The summed E-state index contributed by atoms with van der Waals surface area (Å²) in [5.74, 6) is 5.09. The molecule has 0 amide bonds. The fourth-order valence-electron chi connectivity index (χ4n) is 1.09. The standard InChI is InChI=1S/C11H7OSi/c1-3-9-6-5-7-10(8-12-13)11(9)4-2/h1-2,5-7H,8H2. The van der Waals surface area contributed by atoms with Gasteiger partial charge >= 0.3 is 0 Å². The van der Waals surface area contributed by atoms with Crippen LogP contribution in [0.25, 0.3) is 0 Å². The molecule has 1 nitrogen and oxygen atoms in total. The van der Waals surface area contributed by atoms with Crippen LogP contribution in [0.2, 0.25) is 0 Å². The van der Waals surface area contributed by atoms with E-state index in [-0.39, 0.29) is 0 Å². The third-order valence-corrected chi connectivity index (χ3v) is 1.82. The van der Waals surface area contributed by atoms with Crippen molar-refractivity contribution in [2.45, 2.75) is 6.61 Å². The SMILES string of the molecule is C#Cc1cccc(CO[Si])c1C#C. The van der Waals surface area contributed by atoms with Crippen LogP contribution < -0.4 is 0 Å². The van der Waals surface area contributed by atoms with E-state index in [1.807, 2.05) is 18.2 Å². The summed E-state index contributed by atoms with van der Waals surface area (Å²) in [6.45, 7) is 0.409. The van der Waals surface area contributed by atoms with Gasteiger partial charge in [-0.2, -0.15) is 0 Å². The van der Waals surface area contributed by atoms with Crippen molar-refractivity contribution in [3.63, 3.8) is 0 Å². The Morgan fingerprint density at radius 1 is 1.31 bits per heavy atom. The Morgan fingerprint density at radius 2 is 2.08 bits per heavy atom. The number of hydrogen-bond donors (Lipinski definition) is 0. The maximum atomic E-state index is 5.34. The first-order chi connectivity index (χ1) is 6.33. The molecule has 0 aliphatic rings. The molecule has 0 aromatic heterocycles. The Kier molecular flexibility index (Phi) is 3.34. The highest BCUT2D eigenvalue weighted by atomic mass is 28.2. The van der Waals surface area contributed by atoms with Gasteiger partial charge in [-0.05, 0) is 11.6 Å². The zero-order chi connectivity index (χ0) is 9.68. The van der Waals surface area contributed by atoms with Gasteiger partial charge in [-0.15, -0.1) is 12.8 Å². The summed E-state index contributed by atoms with van der Waals surface area (Å²) >= 11 is 0. The van der Waals surface area contributed by atoms with Crippen molar-refractivity contribution in [1.82, 2.24) is 0 Å². The summed E-state index contributed by atoms with van der Waals surface area (Å²) in [4.78, 5) is 0. The lowest BCUT2D eigenvalue weighted by molar-refractivity contribution is 0.338. The Hall–Kier alpha value is -1.48. The highest BCUT2D eigenvalue weighted by Crippen LogP contribution is 2.13. The Bertz CT molecular complexity index is 382. The van der Waals surface area contributed by atoms with E-state index in [4.69, 9.17) is 17.3 Å². The Balaban J connectivity index is 3.23. The van der Waals surface area contributed by atoms with Crippen LogP contribution in [0.4, 0.5) is 0 Å². The van der Waals surface area contributed by atoms with Crippen molar-refractivity contribution in [2.75, 3.05) is 0 Å². The Morgan fingerprint density at radius 3 is 2.62 bits per heavy atom. The fraction of sp³-hybridized carbons (Fsp3) is 0.0909. The molecule has 0 heterocycles. The predicted octanol–water partition coefficient (Wildman–Crippen LogP) is 1.25. The highest BCUT2D eigenvalue weighted by molar-refractivity contribution is 5.97. The molecule has 0 fully saturated rings. The second-order valence-electron chi connectivity index (χ2n) is 2.42. The van der Waals surface area contributed by atoms with Gasteiger partial charge in [-0.3, -0.25) is 0 Å². The summed E-state index contributed by atoms with van der Waals surface area (Å²) in [5.41, 5.74) is 2.36. The van der Waals surface area contributed by atoms with Gasteiger partial charge in [0.05, 0.1) is 6.61 Å². The average Bonchev–Trinajstić information content (AvgIpc) is 2.18. The minimum Gasteiger partial charge on any atom is -0.414 e. The topological polar surface area (TPSA) is 9.23 Å². The molecule has 0 aliphatic carbocycles. The summed E-state index contributed by atoms with van der Waals surface area (Å²) in [5, 5.41) is 0. The molecule has 13 heavy (non-hydrogen) atoms. The van der Waals surface area contributed by atoms with Crippen molar-refractivity contribution in [1.29, 1.82) is 0 Å². The van der Waals surface area contributed by atoms with Gasteiger partial charge in [0, 0.05) is 11.1 Å². The van der Waals surface area contributed by atoms with Crippen LogP contribution in [0.1, 0.15) is 16.7 Å². The minimum atomic E-state index is 0.409. The molecule has 1 aromatic rings. The molecular formula is C11H7OSi. The second-order valence-corrected chi connectivity index (χ2v) is 2.71. The van der Waals surface area contributed by atoms with Crippen LogP contribution in [0.5, 0.6) is 0 Å². The fourth-order valence-corrected chi connectivity index (χ4v) is 1.24. The van der Waals surface area contributed by atoms with Crippen LogP contribution in [-0.2, 0) is 11.0 Å². The molecule has 0 atom stereocenters. The smallest absolute Gasteiger partial charge is 0.246 e. The van der Waals surface area contributed by atoms with Gasteiger partial charge in [0.25, 0.3) is 0 Å². The van der Waals surface area contributed by atoms with E-state index in [1.54, 1.807) is 0 Å². The van der Waals surface area contributed by atoms with Crippen molar-refractivity contribution in [2.24, 2.45) is 0 Å². The molecule has 0 N–H and O–H groups in total. The molecule has 0 saturated heterocycles. The van der Waals surface area contributed by atoms with E-state index in [0.717, 1.165) is 16.7 Å². The molecule has 0 spiro atoms. The predicted molar refractivity (Wildman–Crippen MR) is 52.9 cm³/mol. The second kappa shape index (κ2) is 4.52. The van der Waals surface area contributed by atoms with Crippen LogP contribution in [-0.4, -0.2) is 10.5 Å². The first kappa shape index (κ1) is 9.60. The van der Waals surface area contributed by atoms with Gasteiger partial charge in [-0.1, -0.05) is 24.0 Å². The number of terminal acetylenes is 2.